The first-order valence-electron chi connectivity index (χ1n) is 9.59. The molecule has 1 N–H and O–H groups in total. The van der Waals surface area contributed by atoms with Gasteiger partial charge in [0.05, 0.1) is 0 Å². The van der Waals surface area contributed by atoms with Crippen molar-refractivity contribution in [2.45, 2.75) is 39.2 Å². The summed E-state index contributed by atoms with van der Waals surface area (Å²) in [5, 5.41) is 8.18. The molecule has 5 rings (SSSR count). The topological polar surface area (TPSA) is 72.7 Å². The monoisotopic (exact) mass is 371 g/mol. The van der Waals surface area contributed by atoms with Crippen LogP contribution in [0.1, 0.15) is 42.0 Å². The number of carbonyl (C=O) groups excluding carboxylic acids is 1. The normalized spacial score (nSPS) is 18.5. The van der Waals surface area contributed by atoms with Gasteiger partial charge in [-0.25, -0.2) is 4.68 Å². The van der Waals surface area contributed by atoms with Crippen LogP contribution in [0.4, 0.5) is 5.95 Å². The van der Waals surface area contributed by atoms with E-state index < -0.39 is 0 Å². The van der Waals surface area contributed by atoms with Gasteiger partial charge in [-0.15, -0.1) is 5.10 Å². The molecular formula is C22H21N5O. The Hall–Kier alpha value is -3.28. The fourth-order valence-electron chi connectivity index (χ4n) is 4.00. The lowest BCUT2D eigenvalue weighted by Crippen LogP contribution is -2.31. The Morgan fingerprint density at radius 1 is 1.14 bits per heavy atom. The highest BCUT2D eigenvalue weighted by Crippen LogP contribution is 2.40. The molecule has 2 aliphatic rings. The fraction of sp³-hybridized carbons (Fsp3) is 0.273. The number of benzene rings is 1. The van der Waals surface area contributed by atoms with E-state index in [1.165, 1.54) is 11.1 Å². The van der Waals surface area contributed by atoms with Gasteiger partial charge in [-0.3, -0.25) is 9.78 Å². The van der Waals surface area contributed by atoms with Gasteiger partial charge in [0, 0.05) is 35.6 Å². The van der Waals surface area contributed by atoms with Gasteiger partial charge in [0.15, 0.2) is 11.6 Å². The third-order valence-electron chi connectivity index (χ3n) is 5.63. The van der Waals surface area contributed by atoms with E-state index in [0.29, 0.717) is 18.2 Å². The Morgan fingerprint density at radius 2 is 2.04 bits per heavy atom. The predicted octanol–water partition coefficient (Wildman–Crippen LogP) is 3.98. The number of nitrogens with zero attached hydrogens (tertiary/aromatic N) is 4. The van der Waals surface area contributed by atoms with Gasteiger partial charge in [0.25, 0.3) is 0 Å². The number of hydrogen-bond donors (Lipinski definition) is 1. The van der Waals surface area contributed by atoms with E-state index in [4.69, 9.17) is 10.1 Å². The molecule has 0 spiro atoms. The van der Waals surface area contributed by atoms with Crippen molar-refractivity contribution in [1.29, 1.82) is 0 Å². The fourth-order valence-corrected chi connectivity index (χ4v) is 4.00. The van der Waals surface area contributed by atoms with E-state index >= 15 is 0 Å². The predicted molar refractivity (Wildman–Crippen MR) is 107 cm³/mol. The van der Waals surface area contributed by atoms with E-state index in [2.05, 4.69) is 36.3 Å². The van der Waals surface area contributed by atoms with Crippen molar-refractivity contribution in [2.24, 2.45) is 0 Å². The second-order valence-corrected chi connectivity index (χ2v) is 7.49. The van der Waals surface area contributed by atoms with Gasteiger partial charge in [0.1, 0.15) is 6.04 Å². The van der Waals surface area contributed by atoms with Gasteiger partial charge >= 0.3 is 0 Å². The summed E-state index contributed by atoms with van der Waals surface area (Å²) < 4.78 is 1.84. The minimum atomic E-state index is -0.291. The number of aryl methyl sites for hydroxylation is 2. The number of ketones is 1. The Labute approximate surface area is 163 Å². The van der Waals surface area contributed by atoms with Crippen molar-refractivity contribution < 1.29 is 4.79 Å². The van der Waals surface area contributed by atoms with Crippen molar-refractivity contribution in [2.75, 3.05) is 5.32 Å². The lowest BCUT2D eigenvalue weighted by Gasteiger charge is -2.31. The molecule has 0 saturated carbocycles. The molecule has 1 unspecified atom stereocenters. The summed E-state index contributed by atoms with van der Waals surface area (Å²) in [6.45, 7) is 4.18. The van der Waals surface area contributed by atoms with Crippen molar-refractivity contribution in [3.63, 3.8) is 0 Å². The molecule has 1 aromatic carbocycles. The van der Waals surface area contributed by atoms with Crippen LogP contribution in [-0.4, -0.2) is 25.5 Å². The van der Waals surface area contributed by atoms with E-state index in [-0.39, 0.29) is 11.8 Å². The molecule has 1 atom stereocenters. The zero-order valence-corrected chi connectivity index (χ0v) is 15.9. The van der Waals surface area contributed by atoms with E-state index in [9.17, 15) is 4.79 Å². The highest BCUT2D eigenvalue weighted by atomic mass is 16.1. The maximum atomic E-state index is 12.8. The number of pyridine rings is 1. The zero-order valence-electron chi connectivity index (χ0n) is 15.9. The first kappa shape index (κ1) is 16.9. The van der Waals surface area contributed by atoms with Crippen LogP contribution in [0.3, 0.4) is 0 Å². The summed E-state index contributed by atoms with van der Waals surface area (Å²) >= 11 is 0. The van der Waals surface area contributed by atoms with E-state index in [0.717, 1.165) is 35.2 Å². The molecule has 0 amide bonds. The maximum absolute atomic E-state index is 12.8. The van der Waals surface area contributed by atoms with Gasteiger partial charge < -0.3 is 5.32 Å². The molecule has 0 fully saturated rings. The average molecular weight is 371 g/mol. The van der Waals surface area contributed by atoms with Crippen LogP contribution in [0.2, 0.25) is 0 Å². The highest BCUT2D eigenvalue weighted by molar-refractivity contribution is 5.99. The minimum Gasteiger partial charge on any atom is -0.328 e. The lowest BCUT2D eigenvalue weighted by atomic mass is 9.86. The van der Waals surface area contributed by atoms with Gasteiger partial charge in [-0.05, 0) is 55.5 Å². The molecule has 0 bridgehead atoms. The first-order valence-corrected chi connectivity index (χ1v) is 9.59. The first-order chi connectivity index (χ1) is 13.6. The molecular weight excluding hydrogens is 350 g/mol. The second kappa shape index (κ2) is 6.41. The SMILES string of the molecule is Cc1ccc(-c2nc3n(n2)C(c2cccnc2)C2=C(CCCC2=O)N3)cc1C. The van der Waals surface area contributed by atoms with Gasteiger partial charge in [-0.2, -0.15) is 4.98 Å². The second-order valence-electron chi connectivity index (χ2n) is 7.49. The maximum Gasteiger partial charge on any atom is 0.226 e. The van der Waals surface area contributed by atoms with Crippen LogP contribution in [0, 0.1) is 13.8 Å². The van der Waals surface area contributed by atoms with E-state index in [1.807, 2.05) is 29.1 Å². The number of hydrogen-bond acceptors (Lipinski definition) is 5. The molecule has 3 aromatic rings. The molecule has 1 aliphatic heterocycles. The lowest BCUT2D eigenvalue weighted by molar-refractivity contribution is -0.116. The molecule has 2 aromatic heterocycles. The molecule has 6 nitrogen and oxygen atoms in total. The molecule has 3 heterocycles. The van der Waals surface area contributed by atoms with Crippen LogP contribution < -0.4 is 5.32 Å². The molecule has 140 valence electrons. The van der Waals surface area contributed by atoms with Gasteiger partial charge in [0.2, 0.25) is 5.95 Å². The van der Waals surface area contributed by atoms with Gasteiger partial charge in [-0.1, -0.05) is 18.2 Å². The third kappa shape index (κ3) is 2.64. The molecule has 28 heavy (non-hydrogen) atoms. The molecule has 0 saturated heterocycles. The summed E-state index contributed by atoms with van der Waals surface area (Å²) in [7, 11) is 0. The van der Waals surface area contributed by atoms with Crippen molar-refractivity contribution in [3.05, 3.63) is 70.7 Å². The number of rotatable bonds is 2. The summed E-state index contributed by atoms with van der Waals surface area (Å²) in [6, 6.07) is 9.84. The average Bonchev–Trinajstić information content (AvgIpc) is 3.13. The molecule has 6 heteroatoms. The van der Waals surface area contributed by atoms with Crippen molar-refractivity contribution >= 4 is 11.7 Å². The number of nitrogens with one attached hydrogen (secondary N) is 1. The smallest absolute Gasteiger partial charge is 0.226 e. The van der Waals surface area contributed by atoms with Crippen molar-refractivity contribution in [3.8, 4) is 11.4 Å². The Kier molecular flexibility index (Phi) is 3.86. The standard InChI is InChI=1S/C22H21N5O/c1-13-8-9-15(11-14(13)2)21-25-22-24-17-6-3-7-18(28)19(17)20(27(22)26-21)16-5-4-10-23-12-16/h4-5,8-12,20H,3,6-7H2,1-2H3,(H,24,25,26). The van der Waals surface area contributed by atoms with Crippen molar-refractivity contribution in [1.82, 2.24) is 19.7 Å². The highest BCUT2D eigenvalue weighted by Gasteiger charge is 2.36. The Bertz CT molecular complexity index is 1110. The number of anilines is 1. The summed E-state index contributed by atoms with van der Waals surface area (Å²) in [4.78, 5) is 21.8. The molecule has 1 aliphatic carbocycles. The summed E-state index contributed by atoms with van der Waals surface area (Å²) in [5.41, 5.74) is 6.13. The van der Waals surface area contributed by atoms with Crippen LogP contribution in [0.25, 0.3) is 11.4 Å². The third-order valence-corrected chi connectivity index (χ3v) is 5.63. The minimum absolute atomic E-state index is 0.177. The Morgan fingerprint density at radius 3 is 2.82 bits per heavy atom. The quantitative estimate of drug-likeness (QED) is 0.738. The number of fused-ring (bicyclic) bond motifs is 1. The van der Waals surface area contributed by atoms with Crippen LogP contribution in [-0.2, 0) is 4.79 Å². The molecule has 0 radical (unpaired) electrons. The van der Waals surface area contributed by atoms with E-state index in [1.54, 1.807) is 6.20 Å². The van der Waals surface area contributed by atoms with Crippen LogP contribution >= 0.6 is 0 Å². The number of carbonyl (C=O) groups is 1. The Balaban J connectivity index is 1.67. The number of Topliss-reactive ketones (excluding diaryl/α,β-unsaturated/α-hetero) is 1. The van der Waals surface area contributed by atoms with Crippen LogP contribution in [0.15, 0.2) is 54.0 Å². The summed E-state index contributed by atoms with van der Waals surface area (Å²) in [5.74, 6) is 1.51. The number of allylic oxidation sites excluding steroid dienone is 2. The summed E-state index contributed by atoms with van der Waals surface area (Å²) in [6.07, 6.45) is 5.84. The zero-order chi connectivity index (χ0) is 19.3. The largest absolute Gasteiger partial charge is 0.328 e. The van der Waals surface area contributed by atoms with Crippen LogP contribution in [0.5, 0.6) is 0 Å². The number of aromatic nitrogens is 4.